The third kappa shape index (κ3) is 36.4. The standard InChI is InChI=1S/C8H18O3.C4H6O5.C4H10O3/c1-8(2)7-11-6-5-10-4-3-9;5-2(4(8)9)1-3(6)7;5-1-3-7-4-2-6/h8-9H,3-7H2,1-2H3;2,5H,1H2,(H,6,7)(H,8,9);5-6H,1-4H2. The van der Waals surface area contributed by atoms with Crippen LogP contribution in [0, 0.1) is 5.92 Å². The first-order valence-electron chi connectivity index (χ1n) is 8.41. The summed E-state index contributed by atoms with van der Waals surface area (Å²) in [5, 5.41) is 48.7. The van der Waals surface area contributed by atoms with Crippen LogP contribution in [0.15, 0.2) is 0 Å². The van der Waals surface area contributed by atoms with Crippen LogP contribution in [0.5, 0.6) is 0 Å². The summed E-state index contributed by atoms with van der Waals surface area (Å²) in [4.78, 5) is 19.4. The second-order valence-corrected chi connectivity index (χ2v) is 5.32. The predicted octanol–water partition coefficient (Wildman–Crippen LogP) is -1.44. The first-order valence-corrected chi connectivity index (χ1v) is 8.41. The van der Waals surface area contributed by atoms with Crippen molar-refractivity contribution in [1.29, 1.82) is 0 Å². The number of carbonyl (C=O) groups is 2. The van der Waals surface area contributed by atoms with Gasteiger partial charge in [-0.25, -0.2) is 4.79 Å². The molecule has 1 unspecified atom stereocenters. The fourth-order valence-electron chi connectivity index (χ4n) is 1.09. The molecule has 0 aromatic carbocycles. The van der Waals surface area contributed by atoms with Gasteiger partial charge >= 0.3 is 11.9 Å². The van der Waals surface area contributed by atoms with Gasteiger partial charge in [0.1, 0.15) is 0 Å². The van der Waals surface area contributed by atoms with E-state index in [1.807, 2.05) is 0 Å². The summed E-state index contributed by atoms with van der Waals surface area (Å²) in [5.41, 5.74) is 0. The van der Waals surface area contributed by atoms with Crippen LogP contribution in [-0.4, -0.2) is 108 Å². The molecule has 0 amide bonds. The fraction of sp³-hybridized carbons (Fsp3) is 0.875. The SMILES string of the molecule is CC(C)COCCOCCO.O=C(O)CC(O)C(=O)O.OCCOCCO. The molecule has 0 rings (SSSR count). The van der Waals surface area contributed by atoms with Crippen molar-refractivity contribution in [2.45, 2.75) is 26.4 Å². The highest BCUT2D eigenvalue weighted by Crippen LogP contribution is 1.91. The van der Waals surface area contributed by atoms with Gasteiger partial charge in [0, 0.05) is 6.61 Å². The van der Waals surface area contributed by atoms with E-state index >= 15 is 0 Å². The van der Waals surface area contributed by atoms with E-state index in [4.69, 9.17) is 40.1 Å². The number of ether oxygens (including phenoxy) is 3. The molecular weight excluding hydrogens is 368 g/mol. The minimum absolute atomic E-state index is 0.0278. The van der Waals surface area contributed by atoms with Gasteiger partial charge < -0.3 is 44.8 Å². The highest BCUT2D eigenvalue weighted by atomic mass is 16.5. The van der Waals surface area contributed by atoms with E-state index in [9.17, 15) is 9.59 Å². The first-order chi connectivity index (χ1) is 12.7. The average molecular weight is 402 g/mol. The van der Waals surface area contributed by atoms with Crippen LogP contribution in [0.4, 0.5) is 0 Å². The van der Waals surface area contributed by atoms with Crippen LogP contribution in [0.1, 0.15) is 20.3 Å². The summed E-state index contributed by atoms with van der Waals surface area (Å²) in [6, 6.07) is 0. The topological polar surface area (TPSA) is 183 Å². The Morgan fingerprint density at radius 3 is 1.48 bits per heavy atom. The zero-order chi connectivity index (χ0) is 21.5. The Kier molecular flexibility index (Phi) is 27.8. The van der Waals surface area contributed by atoms with Crippen LogP contribution in [0.25, 0.3) is 0 Å². The van der Waals surface area contributed by atoms with Crippen LogP contribution in [-0.2, 0) is 23.8 Å². The summed E-state index contributed by atoms with van der Waals surface area (Å²) in [5.74, 6) is -2.27. The lowest BCUT2D eigenvalue weighted by molar-refractivity contribution is -0.152. The molecule has 11 heteroatoms. The normalized spacial score (nSPS) is 11.1. The second kappa shape index (κ2) is 24.7. The van der Waals surface area contributed by atoms with Gasteiger partial charge in [-0.1, -0.05) is 13.8 Å². The molecule has 0 saturated heterocycles. The number of rotatable bonds is 14. The molecule has 0 aromatic rings. The van der Waals surface area contributed by atoms with Crippen molar-refractivity contribution in [3.05, 3.63) is 0 Å². The second-order valence-electron chi connectivity index (χ2n) is 5.32. The Morgan fingerprint density at radius 1 is 0.778 bits per heavy atom. The molecular formula is C16H34O11. The van der Waals surface area contributed by atoms with Gasteiger partial charge in [-0.15, -0.1) is 0 Å². The smallest absolute Gasteiger partial charge is 0.333 e. The molecule has 0 aliphatic rings. The van der Waals surface area contributed by atoms with E-state index in [0.29, 0.717) is 39.0 Å². The molecule has 0 bridgehead atoms. The summed E-state index contributed by atoms with van der Waals surface area (Å²) >= 11 is 0. The van der Waals surface area contributed by atoms with Gasteiger partial charge in [-0.3, -0.25) is 4.79 Å². The van der Waals surface area contributed by atoms with E-state index in [1.54, 1.807) is 0 Å². The number of hydrogen-bond donors (Lipinski definition) is 6. The van der Waals surface area contributed by atoms with Gasteiger partial charge in [0.15, 0.2) is 6.10 Å². The van der Waals surface area contributed by atoms with Crippen molar-refractivity contribution in [2.24, 2.45) is 5.92 Å². The molecule has 0 saturated carbocycles. The largest absolute Gasteiger partial charge is 0.481 e. The lowest BCUT2D eigenvalue weighted by atomic mass is 10.2. The number of carboxylic acids is 2. The maximum Gasteiger partial charge on any atom is 0.333 e. The Hall–Kier alpha value is -1.34. The molecule has 0 fully saturated rings. The summed E-state index contributed by atoms with van der Waals surface area (Å²) in [6.45, 7) is 7.38. The zero-order valence-electron chi connectivity index (χ0n) is 16.0. The van der Waals surface area contributed by atoms with Crippen LogP contribution in [0.2, 0.25) is 0 Å². The minimum atomic E-state index is -1.79. The average Bonchev–Trinajstić information content (AvgIpc) is 2.59. The van der Waals surface area contributed by atoms with Crippen LogP contribution >= 0.6 is 0 Å². The molecule has 164 valence electrons. The Morgan fingerprint density at radius 2 is 1.19 bits per heavy atom. The third-order valence-electron chi connectivity index (χ3n) is 2.18. The van der Waals surface area contributed by atoms with Gasteiger partial charge in [-0.05, 0) is 5.92 Å². The molecule has 6 N–H and O–H groups in total. The highest BCUT2D eigenvalue weighted by molar-refractivity contribution is 5.79. The predicted molar refractivity (Wildman–Crippen MR) is 94.4 cm³/mol. The Bertz CT molecular complexity index is 319. The van der Waals surface area contributed by atoms with Crippen molar-refractivity contribution in [2.75, 3.05) is 59.5 Å². The number of aliphatic hydroxyl groups excluding tert-OH is 4. The van der Waals surface area contributed by atoms with E-state index in [1.165, 1.54) is 0 Å². The lowest BCUT2D eigenvalue weighted by Crippen LogP contribution is -2.22. The van der Waals surface area contributed by atoms with Crippen molar-refractivity contribution in [3.63, 3.8) is 0 Å². The molecule has 0 aromatic heterocycles. The minimum Gasteiger partial charge on any atom is -0.481 e. The number of aliphatic hydroxyl groups is 4. The third-order valence-corrected chi connectivity index (χ3v) is 2.18. The quantitative estimate of drug-likeness (QED) is 0.187. The molecule has 0 aliphatic heterocycles. The molecule has 1 atom stereocenters. The van der Waals surface area contributed by atoms with E-state index in [2.05, 4.69) is 18.6 Å². The molecule has 0 aliphatic carbocycles. The van der Waals surface area contributed by atoms with Crippen molar-refractivity contribution in [3.8, 4) is 0 Å². The van der Waals surface area contributed by atoms with Crippen LogP contribution < -0.4 is 0 Å². The Labute approximate surface area is 159 Å². The van der Waals surface area contributed by atoms with Gasteiger partial charge in [-0.2, -0.15) is 0 Å². The summed E-state index contributed by atoms with van der Waals surface area (Å²) < 4.78 is 14.9. The molecule has 0 spiro atoms. The van der Waals surface area contributed by atoms with Crippen molar-refractivity contribution < 1.29 is 54.4 Å². The van der Waals surface area contributed by atoms with Crippen molar-refractivity contribution in [1.82, 2.24) is 0 Å². The molecule has 0 radical (unpaired) electrons. The lowest BCUT2D eigenvalue weighted by Gasteiger charge is -2.06. The Balaban J connectivity index is -0.000000329. The molecule has 0 heterocycles. The maximum atomic E-state index is 9.72. The molecule has 27 heavy (non-hydrogen) atoms. The first kappa shape index (κ1) is 30.4. The van der Waals surface area contributed by atoms with Gasteiger partial charge in [0.2, 0.25) is 0 Å². The van der Waals surface area contributed by atoms with Crippen molar-refractivity contribution >= 4 is 11.9 Å². The summed E-state index contributed by atoms with van der Waals surface area (Å²) in [7, 11) is 0. The number of hydrogen-bond acceptors (Lipinski definition) is 9. The molecule has 11 nitrogen and oxygen atoms in total. The van der Waals surface area contributed by atoms with E-state index < -0.39 is 24.5 Å². The van der Waals surface area contributed by atoms with E-state index in [0.717, 1.165) is 6.61 Å². The monoisotopic (exact) mass is 402 g/mol. The zero-order valence-corrected chi connectivity index (χ0v) is 16.0. The highest BCUT2D eigenvalue weighted by Gasteiger charge is 2.16. The fourth-order valence-corrected chi connectivity index (χ4v) is 1.09. The van der Waals surface area contributed by atoms with Gasteiger partial charge in [0.25, 0.3) is 0 Å². The van der Waals surface area contributed by atoms with Gasteiger partial charge in [0.05, 0.1) is 59.3 Å². The van der Waals surface area contributed by atoms with E-state index in [-0.39, 0.29) is 19.8 Å². The number of aliphatic carboxylic acids is 2. The van der Waals surface area contributed by atoms with Crippen LogP contribution in [0.3, 0.4) is 0 Å². The maximum absolute atomic E-state index is 9.72. The summed E-state index contributed by atoms with van der Waals surface area (Å²) in [6.07, 6.45) is -2.54. The number of carboxylic acid groups (broad SMARTS) is 2.